The summed E-state index contributed by atoms with van der Waals surface area (Å²) in [5.74, 6) is 2.08. The van der Waals surface area contributed by atoms with Crippen molar-refractivity contribution >= 4 is 5.91 Å². The van der Waals surface area contributed by atoms with Gasteiger partial charge in [0.1, 0.15) is 17.3 Å². The summed E-state index contributed by atoms with van der Waals surface area (Å²) in [4.78, 5) is 13.8. The summed E-state index contributed by atoms with van der Waals surface area (Å²) in [5, 5.41) is 0. The molecule has 0 bridgehead atoms. The quantitative estimate of drug-likeness (QED) is 0.745. The van der Waals surface area contributed by atoms with Gasteiger partial charge in [0.05, 0.1) is 18.9 Å². The Morgan fingerprint density at radius 3 is 2.39 bits per heavy atom. The van der Waals surface area contributed by atoms with E-state index in [0.29, 0.717) is 12.4 Å². The van der Waals surface area contributed by atoms with E-state index >= 15 is 0 Å². The van der Waals surface area contributed by atoms with Crippen LogP contribution in [-0.2, 0) is 4.79 Å². The number of rotatable bonds is 8. The standard InChI is InChI=1S/C18H23NO4/c1-4-11-21-15-7-9-16(10-8-15)23-13-18(20)19(3)14(2)17-6-5-12-22-17/h5-10,12,14H,4,11,13H2,1-3H3. The number of nitrogens with zero attached hydrogens (tertiary/aromatic N) is 1. The second-order valence-corrected chi connectivity index (χ2v) is 5.30. The van der Waals surface area contributed by atoms with Gasteiger partial charge in [-0.3, -0.25) is 4.79 Å². The second-order valence-electron chi connectivity index (χ2n) is 5.30. The highest BCUT2D eigenvalue weighted by molar-refractivity contribution is 5.77. The first kappa shape index (κ1) is 16.9. The van der Waals surface area contributed by atoms with Crippen molar-refractivity contribution < 1.29 is 18.7 Å². The Hall–Kier alpha value is -2.43. The molecule has 0 saturated carbocycles. The smallest absolute Gasteiger partial charge is 0.260 e. The zero-order chi connectivity index (χ0) is 16.7. The largest absolute Gasteiger partial charge is 0.494 e. The predicted octanol–water partition coefficient (Wildman–Crippen LogP) is 3.67. The van der Waals surface area contributed by atoms with Crippen LogP contribution < -0.4 is 9.47 Å². The van der Waals surface area contributed by atoms with Crippen molar-refractivity contribution in [3.8, 4) is 11.5 Å². The molecule has 1 amide bonds. The number of ether oxygens (including phenoxy) is 2. The van der Waals surface area contributed by atoms with Crippen LogP contribution in [-0.4, -0.2) is 31.1 Å². The van der Waals surface area contributed by atoms with E-state index in [-0.39, 0.29) is 18.6 Å². The van der Waals surface area contributed by atoms with Crippen LogP contribution in [0.1, 0.15) is 32.1 Å². The lowest BCUT2D eigenvalue weighted by atomic mass is 10.2. The summed E-state index contributed by atoms with van der Waals surface area (Å²) in [6.45, 7) is 4.64. The monoisotopic (exact) mass is 317 g/mol. The number of likely N-dealkylation sites (N-methyl/N-ethyl adjacent to an activating group) is 1. The molecule has 1 heterocycles. The van der Waals surface area contributed by atoms with E-state index in [1.165, 1.54) is 0 Å². The second kappa shape index (κ2) is 8.27. The zero-order valence-corrected chi connectivity index (χ0v) is 13.8. The van der Waals surface area contributed by atoms with Gasteiger partial charge in [0.25, 0.3) is 5.91 Å². The third kappa shape index (κ3) is 4.77. The number of benzene rings is 1. The molecule has 23 heavy (non-hydrogen) atoms. The molecule has 1 aromatic carbocycles. The van der Waals surface area contributed by atoms with Crippen molar-refractivity contribution in [1.29, 1.82) is 0 Å². The lowest BCUT2D eigenvalue weighted by Gasteiger charge is -2.23. The topological polar surface area (TPSA) is 51.9 Å². The highest BCUT2D eigenvalue weighted by Crippen LogP contribution is 2.20. The van der Waals surface area contributed by atoms with Crippen molar-refractivity contribution in [3.05, 3.63) is 48.4 Å². The van der Waals surface area contributed by atoms with Gasteiger partial charge < -0.3 is 18.8 Å². The number of carbonyl (C=O) groups is 1. The van der Waals surface area contributed by atoms with E-state index in [2.05, 4.69) is 6.92 Å². The number of hydrogen-bond donors (Lipinski definition) is 0. The summed E-state index contributed by atoms with van der Waals surface area (Å²) >= 11 is 0. The van der Waals surface area contributed by atoms with Gasteiger partial charge >= 0.3 is 0 Å². The predicted molar refractivity (Wildman–Crippen MR) is 87.6 cm³/mol. The number of carbonyl (C=O) groups excluding carboxylic acids is 1. The Balaban J connectivity index is 1.83. The Bertz CT molecular complexity index is 592. The minimum atomic E-state index is -0.133. The van der Waals surface area contributed by atoms with Crippen molar-refractivity contribution in [2.24, 2.45) is 0 Å². The minimum Gasteiger partial charge on any atom is -0.494 e. The van der Waals surface area contributed by atoms with Crippen LogP contribution in [0.15, 0.2) is 47.1 Å². The molecule has 124 valence electrons. The van der Waals surface area contributed by atoms with E-state index in [1.54, 1.807) is 30.3 Å². The lowest BCUT2D eigenvalue weighted by molar-refractivity contribution is -0.134. The number of hydrogen-bond acceptors (Lipinski definition) is 4. The third-order valence-corrected chi connectivity index (χ3v) is 3.59. The highest BCUT2D eigenvalue weighted by atomic mass is 16.5. The van der Waals surface area contributed by atoms with Gasteiger partial charge in [0.2, 0.25) is 0 Å². The molecule has 2 rings (SSSR count). The molecule has 0 radical (unpaired) electrons. The van der Waals surface area contributed by atoms with Crippen LogP contribution in [0.25, 0.3) is 0 Å². The van der Waals surface area contributed by atoms with Crippen LogP contribution in [0.2, 0.25) is 0 Å². The van der Waals surface area contributed by atoms with Gasteiger partial charge in [-0.05, 0) is 49.7 Å². The molecule has 0 spiro atoms. The van der Waals surface area contributed by atoms with Gasteiger partial charge in [-0.1, -0.05) is 6.92 Å². The molecule has 0 fully saturated rings. The average Bonchev–Trinajstić information content (AvgIpc) is 3.12. The van der Waals surface area contributed by atoms with Gasteiger partial charge in [-0.2, -0.15) is 0 Å². The van der Waals surface area contributed by atoms with Crippen LogP contribution >= 0.6 is 0 Å². The molecule has 5 nitrogen and oxygen atoms in total. The van der Waals surface area contributed by atoms with Crippen molar-refractivity contribution in [1.82, 2.24) is 4.90 Å². The first-order chi connectivity index (χ1) is 11.1. The van der Waals surface area contributed by atoms with E-state index < -0.39 is 0 Å². The number of amides is 1. The lowest BCUT2D eigenvalue weighted by Crippen LogP contribution is -2.33. The molecule has 0 aliphatic carbocycles. The summed E-state index contributed by atoms with van der Waals surface area (Å²) < 4.78 is 16.4. The van der Waals surface area contributed by atoms with Gasteiger partial charge in [0, 0.05) is 7.05 Å². The number of furan rings is 1. The summed E-state index contributed by atoms with van der Waals surface area (Å²) in [7, 11) is 1.74. The summed E-state index contributed by atoms with van der Waals surface area (Å²) in [6.07, 6.45) is 2.57. The average molecular weight is 317 g/mol. The van der Waals surface area contributed by atoms with E-state index in [9.17, 15) is 4.79 Å². The van der Waals surface area contributed by atoms with Gasteiger partial charge in [-0.15, -0.1) is 0 Å². The zero-order valence-electron chi connectivity index (χ0n) is 13.8. The minimum absolute atomic E-state index is 0.0172. The Morgan fingerprint density at radius 1 is 1.17 bits per heavy atom. The SMILES string of the molecule is CCCOc1ccc(OCC(=O)N(C)C(C)c2ccco2)cc1. The van der Waals surface area contributed by atoms with Crippen LogP contribution in [0, 0.1) is 0 Å². The Labute approximate surface area is 136 Å². The van der Waals surface area contributed by atoms with Crippen molar-refractivity contribution in [2.75, 3.05) is 20.3 Å². The van der Waals surface area contributed by atoms with E-state index in [0.717, 1.165) is 17.9 Å². The van der Waals surface area contributed by atoms with Gasteiger partial charge in [-0.25, -0.2) is 0 Å². The molecule has 0 saturated heterocycles. The van der Waals surface area contributed by atoms with Crippen LogP contribution in [0.3, 0.4) is 0 Å². The maximum Gasteiger partial charge on any atom is 0.260 e. The van der Waals surface area contributed by atoms with Crippen molar-refractivity contribution in [2.45, 2.75) is 26.3 Å². The Kier molecular flexibility index (Phi) is 6.09. The normalized spacial score (nSPS) is 11.8. The summed E-state index contributed by atoms with van der Waals surface area (Å²) in [6, 6.07) is 10.8. The maximum absolute atomic E-state index is 12.2. The van der Waals surface area contributed by atoms with Crippen LogP contribution in [0.4, 0.5) is 0 Å². The maximum atomic E-state index is 12.2. The molecule has 1 aromatic heterocycles. The molecule has 0 N–H and O–H groups in total. The van der Waals surface area contributed by atoms with Crippen molar-refractivity contribution in [3.63, 3.8) is 0 Å². The van der Waals surface area contributed by atoms with E-state index in [1.807, 2.05) is 31.2 Å². The molecule has 5 heteroatoms. The molecule has 1 unspecified atom stereocenters. The first-order valence-electron chi connectivity index (χ1n) is 7.76. The molecule has 2 aromatic rings. The van der Waals surface area contributed by atoms with Gasteiger partial charge in [0.15, 0.2) is 6.61 Å². The molecule has 0 aliphatic rings. The Morgan fingerprint density at radius 2 is 1.83 bits per heavy atom. The fourth-order valence-electron chi connectivity index (χ4n) is 2.03. The third-order valence-electron chi connectivity index (χ3n) is 3.59. The fraction of sp³-hybridized carbons (Fsp3) is 0.389. The molecular formula is C18H23NO4. The molecular weight excluding hydrogens is 294 g/mol. The first-order valence-corrected chi connectivity index (χ1v) is 7.76. The van der Waals surface area contributed by atoms with E-state index in [4.69, 9.17) is 13.9 Å². The highest BCUT2D eigenvalue weighted by Gasteiger charge is 2.19. The van der Waals surface area contributed by atoms with Crippen LogP contribution in [0.5, 0.6) is 11.5 Å². The fourth-order valence-corrected chi connectivity index (χ4v) is 2.03. The molecule has 0 aliphatic heterocycles. The molecule has 1 atom stereocenters. The summed E-state index contributed by atoms with van der Waals surface area (Å²) in [5.41, 5.74) is 0.